The van der Waals surface area contributed by atoms with Crippen molar-refractivity contribution < 1.29 is 4.79 Å². The highest BCUT2D eigenvalue weighted by atomic mass is 16.1. The molecule has 1 nitrogen and oxygen atoms in total. The van der Waals surface area contributed by atoms with E-state index < -0.39 is 0 Å². The molecule has 1 aliphatic carbocycles. The lowest BCUT2D eigenvalue weighted by Crippen LogP contribution is -2.35. The maximum atomic E-state index is 11.5. The molecule has 0 bridgehead atoms. The van der Waals surface area contributed by atoms with Crippen molar-refractivity contribution in [1.29, 1.82) is 0 Å². The van der Waals surface area contributed by atoms with Gasteiger partial charge in [-0.1, -0.05) is 34.3 Å². The highest BCUT2D eigenvalue weighted by Crippen LogP contribution is 2.46. The fraction of sp³-hybridized carbons (Fsp3) is 0.727. The lowest BCUT2D eigenvalue weighted by Gasteiger charge is -2.41. The molecule has 0 spiro atoms. The van der Waals surface area contributed by atoms with E-state index in [0.29, 0.717) is 6.42 Å². The van der Waals surface area contributed by atoms with Gasteiger partial charge in [-0.3, -0.25) is 4.79 Å². The zero-order chi connectivity index (χ0) is 9.57. The Bertz CT molecular complexity index is 233. The van der Waals surface area contributed by atoms with Gasteiger partial charge in [-0.2, -0.15) is 0 Å². The number of Topliss-reactive ketones (excluding diaryl/α,β-unsaturated/α-hetero) is 1. The second-order valence-corrected chi connectivity index (χ2v) is 5.30. The summed E-state index contributed by atoms with van der Waals surface area (Å²) in [6.45, 7) is 12.4. The fourth-order valence-corrected chi connectivity index (χ4v) is 2.28. The smallest absolute Gasteiger partial charge is 0.159 e. The number of rotatable bonds is 0. The van der Waals surface area contributed by atoms with Crippen LogP contribution in [0, 0.1) is 10.8 Å². The molecule has 1 fully saturated rings. The number of hydrogen-bond acceptors (Lipinski definition) is 1. The molecule has 12 heavy (non-hydrogen) atoms. The Labute approximate surface area is 74.9 Å². The highest BCUT2D eigenvalue weighted by Gasteiger charge is 2.40. The Kier molecular flexibility index (Phi) is 1.94. The standard InChI is InChI=1S/C11H18O/c1-8-9(12)6-10(2,3)7-11(8,4)5/h1,6-7H2,2-5H3. The number of allylic oxidation sites excluding steroid dienone is 1. The normalized spacial score (nSPS) is 27.3. The van der Waals surface area contributed by atoms with Gasteiger partial charge in [0, 0.05) is 6.42 Å². The van der Waals surface area contributed by atoms with Gasteiger partial charge in [-0.05, 0) is 22.8 Å². The van der Waals surface area contributed by atoms with Crippen molar-refractivity contribution in [3.63, 3.8) is 0 Å². The zero-order valence-electron chi connectivity index (χ0n) is 8.53. The molecule has 1 saturated carbocycles. The zero-order valence-corrected chi connectivity index (χ0v) is 8.53. The summed E-state index contributed by atoms with van der Waals surface area (Å²) in [4.78, 5) is 11.5. The van der Waals surface area contributed by atoms with Crippen molar-refractivity contribution in [3.8, 4) is 0 Å². The van der Waals surface area contributed by atoms with Gasteiger partial charge in [-0.25, -0.2) is 0 Å². The molecule has 1 aliphatic rings. The molecule has 0 aliphatic heterocycles. The summed E-state index contributed by atoms with van der Waals surface area (Å²) in [5.74, 6) is 0.247. The average molecular weight is 166 g/mol. The molecule has 1 heteroatoms. The van der Waals surface area contributed by atoms with E-state index in [4.69, 9.17) is 0 Å². The quantitative estimate of drug-likeness (QED) is 0.506. The van der Waals surface area contributed by atoms with Gasteiger partial charge >= 0.3 is 0 Å². The van der Waals surface area contributed by atoms with Gasteiger partial charge in [0.25, 0.3) is 0 Å². The van der Waals surface area contributed by atoms with Gasteiger partial charge in [0.05, 0.1) is 0 Å². The van der Waals surface area contributed by atoms with Crippen LogP contribution in [0.1, 0.15) is 40.5 Å². The SMILES string of the molecule is C=C1C(=O)CC(C)(C)CC1(C)C. The van der Waals surface area contributed by atoms with Crippen LogP contribution in [0.25, 0.3) is 0 Å². The molecule has 0 amide bonds. The lowest BCUT2D eigenvalue weighted by molar-refractivity contribution is -0.121. The predicted octanol–water partition coefficient (Wildman–Crippen LogP) is 2.96. The van der Waals surface area contributed by atoms with Crippen molar-refractivity contribution >= 4 is 5.78 Å². The molecule has 0 heterocycles. The summed E-state index contributed by atoms with van der Waals surface area (Å²) in [6.07, 6.45) is 1.72. The Hall–Kier alpha value is -0.590. The van der Waals surface area contributed by atoms with Crippen molar-refractivity contribution in [2.24, 2.45) is 10.8 Å². The van der Waals surface area contributed by atoms with E-state index in [9.17, 15) is 4.79 Å². The van der Waals surface area contributed by atoms with Crippen molar-refractivity contribution in [1.82, 2.24) is 0 Å². The Balaban J connectivity index is 2.95. The molecule has 0 saturated heterocycles. The number of hydrogen-bond donors (Lipinski definition) is 0. The van der Waals surface area contributed by atoms with E-state index in [1.807, 2.05) is 0 Å². The lowest BCUT2D eigenvalue weighted by atomic mass is 9.63. The van der Waals surface area contributed by atoms with E-state index in [0.717, 1.165) is 12.0 Å². The van der Waals surface area contributed by atoms with Crippen LogP contribution in [0.5, 0.6) is 0 Å². The van der Waals surface area contributed by atoms with Crippen LogP contribution < -0.4 is 0 Å². The second-order valence-electron chi connectivity index (χ2n) is 5.30. The first-order valence-corrected chi connectivity index (χ1v) is 4.47. The third-order valence-corrected chi connectivity index (χ3v) is 2.71. The van der Waals surface area contributed by atoms with Gasteiger partial charge in [0.1, 0.15) is 0 Å². The Morgan fingerprint density at radius 3 is 2.17 bits per heavy atom. The maximum absolute atomic E-state index is 11.5. The monoisotopic (exact) mass is 166 g/mol. The van der Waals surface area contributed by atoms with Crippen LogP contribution >= 0.6 is 0 Å². The van der Waals surface area contributed by atoms with Gasteiger partial charge in [0.2, 0.25) is 0 Å². The number of ketones is 1. The fourth-order valence-electron chi connectivity index (χ4n) is 2.28. The molecule has 0 radical (unpaired) electrons. The van der Waals surface area contributed by atoms with E-state index in [2.05, 4.69) is 34.3 Å². The third kappa shape index (κ3) is 1.60. The largest absolute Gasteiger partial charge is 0.295 e. The summed E-state index contributed by atoms with van der Waals surface area (Å²) in [5.41, 5.74) is 0.961. The van der Waals surface area contributed by atoms with E-state index >= 15 is 0 Å². The minimum atomic E-state index is -0.00116. The van der Waals surface area contributed by atoms with Gasteiger partial charge in [-0.15, -0.1) is 0 Å². The van der Waals surface area contributed by atoms with Crippen LogP contribution in [0.15, 0.2) is 12.2 Å². The Morgan fingerprint density at radius 2 is 1.75 bits per heavy atom. The van der Waals surface area contributed by atoms with E-state index in [1.165, 1.54) is 0 Å². The summed E-state index contributed by atoms with van der Waals surface area (Å²) >= 11 is 0. The first-order valence-electron chi connectivity index (χ1n) is 4.47. The van der Waals surface area contributed by atoms with E-state index in [-0.39, 0.29) is 16.6 Å². The van der Waals surface area contributed by atoms with Crippen molar-refractivity contribution in [2.75, 3.05) is 0 Å². The molecule has 0 aromatic carbocycles. The molecule has 0 unspecified atom stereocenters. The van der Waals surface area contributed by atoms with Gasteiger partial charge in [0.15, 0.2) is 5.78 Å². The topological polar surface area (TPSA) is 17.1 Å². The predicted molar refractivity (Wildman–Crippen MR) is 50.9 cm³/mol. The third-order valence-electron chi connectivity index (χ3n) is 2.71. The summed E-state index contributed by atoms with van der Waals surface area (Å²) < 4.78 is 0. The molecular formula is C11H18O. The van der Waals surface area contributed by atoms with E-state index in [1.54, 1.807) is 0 Å². The van der Waals surface area contributed by atoms with Crippen LogP contribution in [0.3, 0.4) is 0 Å². The number of carbonyl (C=O) groups excluding carboxylic acids is 1. The molecular weight excluding hydrogens is 148 g/mol. The molecule has 68 valence electrons. The van der Waals surface area contributed by atoms with Crippen molar-refractivity contribution in [2.45, 2.75) is 40.5 Å². The minimum absolute atomic E-state index is 0.00116. The van der Waals surface area contributed by atoms with Crippen LogP contribution in [-0.2, 0) is 4.79 Å². The molecule has 0 atom stereocenters. The molecule has 0 aromatic heterocycles. The first-order chi connectivity index (χ1) is 5.25. The molecule has 1 rings (SSSR count). The second kappa shape index (κ2) is 2.45. The highest BCUT2D eigenvalue weighted by molar-refractivity contribution is 5.97. The summed E-state index contributed by atoms with van der Waals surface area (Å²) in [7, 11) is 0. The van der Waals surface area contributed by atoms with Crippen LogP contribution in [0.4, 0.5) is 0 Å². The Morgan fingerprint density at radius 1 is 1.25 bits per heavy atom. The first kappa shape index (κ1) is 9.50. The molecule has 0 aromatic rings. The van der Waals surface area contributed by atoms with Crippen LogP contribution in [0.2, 0.25) is 0 Å². The average Bonchev–Trinajstić information content (AvgIpc) is 1.79. The minimum Gasteiger partial charge on any atom is -0.295 e. The van der Waals surface area contributed by atoms with Crippen molar-refractivity contribution in [3.05, 3.63) is 12.2 Å². The van der Waals surface area contributed by atoms with Crippen LogP contribution in [-0.4, -0.2) is 5.78 Å². The number of carbonyl (C=O) groups is 1. The summed E-state index contributed by atoms with van der Waals surface area (Å²) in [5, 5.41) is 0. The molecule has 0 N–H and O–H groups in total. The summed E-state index contributed by atoms with van der Waals surface area (Å²) in [6, 6.07) is 0. The van der Waals surface area contributed by atoms with Gasteiger partial charge < -0.3 is 0 Å². The maximum Gasteiger partial charge on any atom is 0.159 e.